The van der Waals surface area contributed by atoms with Crippen molar-refractivity contribution in [2.45, 2.75) is 12.8 Å². The Balaban J connectivity index is 1.73. The predicted octanol–water partition coefficient (Wildman–Crippen LogP) is 2.76. The van der Waals surface area contributed by atoms with Crippen molar-refractivity contribution in [1.82, 2.24) is 14.6 Å². The van der Waals surface area contributed by atoms with Crippen LogP contribution in [-0.4, -0.2) is 38.8 Å². The van der Waals surface area contributed by atoms with Crippen LogP contribution in [0.4, 0.5) is 5.82 Å². The van der Waals surface area contributed by atoms with Crippen molar-refractivity contribution in [2.75, 3.05) is 18.0 Å². The Kier molecular flexibility index (Phi) is 3.49. The van der Waals surface area contributed by atoms with Gasteiger partial charge in [0.25, 0.3) is 0 Å². The molecule has 0 amide bonds. The highest BCUT2D eigenvalue weighted by Gasteiger charge is 2.27. The van der Waals surface area contributed by atoms with Crippen molar-refractivity contribution in [3.63, 3.8) is 0 Å². The van der Waals surface area contributed by atoms with E-state index in [-0.39, 0.29) is 5.92 Å². The van der Waals surface area contributed by atoms with Crippen LogP contribution in [0.2, 0.25) is 0 Å². The van der Waals surface area contributed by atoms with E-state index in [0.717, 1.165) is 41.3 Å². The lowest BCUT2D eigenvalue weighted by Crippen LogP contribution is -2.39. The van der Waals surface area contributed by atoms with Crippen molar-refractivity contribution < 1.29 is 9.90 Å². The van der Waals surface area contributed by atoms with Gasteiger partial charge in [-0.25, -0.2) is 9.50 Å². The third-order valence-corrected chi connectivity index (χ3v) is 5.11. The maximum Gasteiger partial charge on any atom is 0.308 e. The second-order valence-corrected chi connectivity index (χ2v) is 6.66. The fraction of sp³-hybridized carbons (Fsp3) is 0.312. The summed E-state index contributed by atoms with van der Waals surface area (Å²) in [5, 5.41) is 15.9. The topological polar surface area (TPSA) is 70.7 Å². The number of fused-ring (bicyclic) bond motifs is 1. The van der Waals surface area contributed by atoms with Gasteiger partial charge in [-0.15, -0.1) is 11.3 Å². The average molecular weight is 328 g/mol. The Morgan fingerprint density at radius 2 is 2.35 bits per heavy atom. The molecule has 1 N–H and O–H groups in total. The maximum atomic E-state index is 11.3. The van der Waals surface area contributed by atoms with Crippen LogP contribution >= 0.6 is 11.3 Å². The molecule has 1 fully saturated rings. The number of carboxylic acids is 1. The highest BCUT2D eigenvalue weighted by Crippen LogP contribution is 2.29. The first-order valence-corrected chi connectivity index (χ1v) is 8.46. The van der Waals surface area contributed by atoms with E-state index in [2.05, 4.69) is 15.0 Å². The summed E-state index contributed by atoms with van der Waals surface area (Å²) in [6.07, 6.45) is 5.15. The van der Waals surface area contributed by atoms with Gasteiger partial charge in [0, 0.05) is 25.5 Å². The lowest BCUT2D eigenvalue weighted by Gasteiger charge is -2.31. The Morgan fingerprint density at radius 1 is 1.43 bits per heavy atom. The fourth-order valence-electron chi connectivity index (χ4n) is 3.07. The van der Waals surface area contributed by atoms with E-state index in [1.54, 1.807) is 17.5 Å². The Morgan fingerprint density at radius 3 is 3.13 bits per heavy atom. The number of aromatic nitrogens is 3. The zero-order chi connectivity index (χ0) is 15.8. The van der Waals surface area contributed by atoms with Gasteiger partial charge in [-0.1, -0.05) is 6.07 Å². The largest absolute Gasteiger partial charge is 0.481 e. The monoisotopic (exact) mass is 328 g/mol. The summed E-state index contributed by atoms with van der Waals surface area (Å²) in [6.45, 7) is 1.33. The molecule has 0 spiro atoms. The number of rotatable bonds is 3. The van der Waals surface area contributed by atoms with Crippen molar-refractivity contribution in [2.24, 2.45) is 5.92 Å². The van der Waals surface area contributed by atoms with Crippen LogP contribution in [0.15, 0.2) is 36.0 Å². The number of carbonyl (C=O) groups is 1. The van der Waals surface area contributed by atoms with Crippen LogP contribution in [-0.2, 0) is 4.79 Å². The summed E-state index contributed by atoms with van der Waals surface area (Å²) >= 11 is 1.65. The molecule has 0 saturated carbocycles. The third-order valence-electron chi connectivity index (χ3n) is 4.21. The highest BCUT2D eigenvalue weighted by molar-refractivity contribution is 7.13. The number of thiophene rings is 1. The molecule has 6 nitrogen and oxygen atoms in total. The Hall–Kier alpha value is -2.41. The first kappa shape index (κ1) is 14.2. The summed E-state index contributed by atoms with van der Waals surface area (Å²) in [7, 11) is 0. The van der Waals surface area contributed by atoms with E-state index in [0.29, 0.717) is 6.54 Å². The molecule has 0 radical (unpaired) electrons. The quantitative estimate of drug-likeness (QED) is 0.800. The van der Waals surface area contributed by atoms with Crippen LogP contribution in [0, 0.1) is 5.92 Å². The normalized spacial score (nSPS) is 18.4. The minimum atomic E-state index is -0.727. The summed E-state index contributed by atoms with van der Waals surface area (Å²) in [5.74, 6) is -0.242. The van der Waals surface area contributed by atoms with Gasteiger partial charge in [-0.3, -0.25) is 4.79 Å². The third kappa shape index (κ3) is 2.57. The van der Waals surface area contributed by atoms with Crippen LogP contribution < -0.4 is 4.90 Å². The number of carboxylic acid groups (broad SMARTS) is 1. The van der Waals surface area contributed by atoms with Gasteiger partial charge >= 0.3 is 5.97 Å². The van der Waals surface area contributed by atoms with Gasteiger partial charge in [-0.2, -0.15) is 5.10 Å². The van der Waals surface area contributed by atoms with Crippen molar-refractivity contribution >= 4 is 28.6 Å². The minimum absolute atomic E-state index is 0.328. The summed E-state index contributed by atoms with van der Waals surface area (Å²) in [5.41, 5.74) is 1.84. The summed E-state index contributed by atoms with van der Waals surface area (Å²) < 4.78 is 1.82. The number of anilines is 1. The number of hydrogen-bond donors (Lipinski definition) is 1. The van der Waals surface area contributed by atoms with Gasteiger partial charge in [0.1, 0.15) is 11.2 Å². The molecule has 4 heterocycles. The first-order chi connectivity index (χ1) is 11.2. The Bertz CT molecular complexity index is 843. The molecule has 0 bridgehead atoms. The van der Waals surface area contributed by atoms with Gasteiger partial charge in [0.15, 0.2) is 5.82 Å². The molecule has 1 unspecified atom stereocenters. The van der Waals surface area contributed by atoms with Crippen LogP contribution in [0.1, 0.15) is 12.8 Å². The zero-order valence-corrected chi connectivity index (χ0v) is 13.2. The first-order valence-electron chi connectivity index (χ1n) is 7.58. The average Bonchev–Trinajstić information content (AvgIpc) is 3.23. The number of aliphatic carboxylic acids is 1. The van der Waals surface area contributed by atoms with Crippen molar-refractivity contribution in [1.29, 1.82) is 0 Å². The lowest BCUT2D eigenvalue weighted by molar-refractivity contribution is -0.141. The van der Waals surface area contributed by atoms with E-state index in [9.17, 15) is 9.90 Å². The minimum Gasteiger partial charge on any atom is -0.481 e. The summed E-state index contributed by atoms with van der Waals surface area (Å²) in [4.78, 5) is 19.0. The summed E-state index contributed by atoms with van der Waals surface area (Å²) in [6, 6.07) is 6.07. The molecule has 7 heteroatoms. The van der Waals surface area contributed by atoms with E-state index in [1.807, 2.05) is 34.3 Å². The second kappa shape index (κ2) is 5.66. The molecular formula is C16H16N4O2S. The fourth-order valence-corrected chi connectivity index (χ4v) is 3.75. The molecule has 3 aromatic heterocycles. The van der Waals surface area contributed by atoms with E-state index in [1.165, 1.54) is 0 Å². The van der Waals surface area contributed by atoms with E-state index >= 15 is 0 Å². The van der Waals surface area contributed by atoms with Crippen molar-refractivity contribution in [3.8, 4) is 10.6 Å². The molecule has 0 aromatic carbocycles. The van der Waals surface area contributed by atoms with E-state index in [4.69, 9.17) is 0 Å². The van der Waals surface area contributed by atoms with E-state index < -0.39 is 5.97 Å². The smallest absolute Gasteiger partial charge is 0.308 e. The van der Waals surface area contributed by atoms with Crippen LogP contribution in [0.3, 0.4) is 0 Å². The molecule has 23 heavy (non-hydrogen) atoms. The predicted molar refractivity (Wildman–Crippen MR) is 88.9 cm³/mol. The SMILES string of the molecule is O=C(O)C1CCCN(c2nccn3nc(-c4cccs4)cc23)C1. The van der Waals surface area contributed by atoms with Gasteiger partial charge in [0.2, 0.25) is 0 Å². The molecule has 0 aliphatic carbocycles. The van der Waals surface area contributed by atoms with Crippen LogP contribution in [0.5, 0.6) is 0 Å². The second-order valence-electron chi connectivity index (χ2n) is 5.71. The number of piperidine rings is 1. The molecule has 1 atom stereocenters. The molecule has 3 aromatic rings. The molecule has 1 aliphatic heterocycles. The zero-order valence-electron chi connectivity index (χ0n) is 12.4. The molecular weight excluding hydrogens is 312 g/mol. The molecule has 1 aliphatic rings. The number of hydrogen-bond acceptors (Lipinski definition) is 5. The Labute approximate surface area is 137 Å². The lowest BCUT2D eigenvalue weighted by atomic mass is 9.98. The highest BCUT2D eigenvalue weighted by atomic mass is 32.1. The van der Waals surface area contributed by atoms with Gasteiger partial charge < -0.3 is 10.0 Å². The standard InChI is InChI=1S/C16H16N4O2S/c21-16(22)11-3-1-6-19(10-11)15-13-9-12(14-4-2-8-23-14)18-20(13)7-5-17-15/h2,4-5,7-9,11H,1,3,6,10H2,(H,21,22). The molecule has 4 rings (SSSR count). The van der Waals surface area contributed by atoms with Gasteiger partial charge in [0.05, 0.1) is 10.8 Å². The molecule has 118 valence electrons. The van der Waals surface area contributed by atoms with Crippen molar-refractivity contribution in [3.05, 3.63) is 36.0 Å². The van der Waals surface area contributed by atoms with Crippen LogP contribution in [0.25, 0.3) is 16.1 Å². The number of nitrogens with zero attached hydrogens (tertiary/aromatic N) is 4. The molecule has 1 saturated heterocycles. The van der Waals surface area contributed by atoms with Gasteiger partial charge in [-0.05, 0) is 30.4 Å². The maximum absolute atomic E-state index is 11.3.